The van der Waals surface area contributed by atoms with E-state index in [1.807, 2.05) is 0 Å². The number of hydrogen-bond donors (Lipinski definition) is 0. The summed E-state index contributed by atoms with van der Waals surface area (Å²) in [5.41, 5.74) is -2.85. The van der Waals surface area contributed by atoms with Gasteiger partial charge in [0, 0.05) is 35.7 Å². The molecule has 0 spiro atoms. The minimum absolute atomic E-state index is 0.131. The zero-order valence-corrected chi connectivity index (χ0v) is 11.5. The molecule has 0 amide bonds. The first-order valence-corrected chi connectivity index (χ1v) is 6.37. The number of benzene rings is 1. The Hall–Kier alpha value is -3.04. The normalized spacial score (nSPS) is 11.9. The second-order valence-corrected chi connectivity index (χ2v) is 4.79. The molecule has 2 aromatic heterocycles. The zero-order valence-electron chi connectivity index (χ0n) is 11.5. The lowest BCUT2D eigenvalue weighted by Gasteiger charge is -2.12. The third-order valence-corrected chi connectivity index (χ3v) is 3.36. The highest BCUT2D eigenvalue weighted by molar-refractivity contribution is 5.79. The summed E-state index contributed by atoms with van der Waals surface area (Å²) in [7, 11) is 0. The summed E-state index contributed by atoms with van der Waals surface area (Å²) >= 11 is 0. The van der Waals surface area contributed by atoms with Gasteiger partial charge in [0.1, 0.15) is 17.2 Å². The fourth-order valence-electron chi connectivity index (χ4n) is 2.34. The van der Waals surface area contributed by atoms with Crippen molar-refractivity contribution in [3.05, 3.63) is 64.1 Å². The minimum atomic E-state index is -4.68. The van der Waals surface area contributed by atoms with E-state index in [1.165, 1.54) is 0 Å². The number of rotatable bonds is 2. The van der Waals surface area contributed by atoms with E-state index in [1.54, 1.807) is 0 Å². The third-order valence-electron chi connectivity index (χ3n) is 3.36. The van der Waals surface area contributed by atoms with E-state index in [0.717, 1.165) is 18.5 Å². The van der Waals surface area contributed by atoms with Crippen LogP contribution in [-0.2, 0) is 6.18 Å². The van der Waals surface area contributed by atoms with Crippen LogP contribution in [0.4, 0.5) is 27.6 Å². The van der Waals surface area contributed by atoms with E-state index >= 15 is 0 Å². The van der Waals surface area contributed by atoms with Crippen LogP contribution in [-0.4, -0.2) is 14.3 Å². The maximum absolute atomic E-state index is 14.0. The average Bonchev–Trinajstić information content (AvgIpc) is 2.94. The summed E-state index contributed by atoms with van der Waals surface area (Å²) in [6.45, 7) is 0. The summed E-state index contributed by atoms with van der Waals surface area (Å²) in [5, 5.41) is 10.8. The molecule has 124 valence electrons. The van der Waals surface area contributed by atoms with E-state index < -0.39 is 39.7 Å². The maximum atomic E-state index is 14.0. The molecule has 0 saturated heterocycles. The zero-order chi connectivity index (χ0) is 17.6. The van der Waals surface area contributed by atoms with E-state index in [-0.39, 0.29) is 11.2 Å². The summed E-state index contributed by atoms with van der Waals surface area (Å²) in [4.78, 5) is 13.5. The molecule has 3 rings (SSSR count). The molecule has 0 saturated carbocycles. The molecule has 24 heavy (non-hydrogen) atoms. The SMILES string of the molecule is O=[N+]([O-])c1cc(-c2ccc(C(F)(F)F)n3ccnc23)c(F)cc1F. The Balaban J connectivity index is 2.31. The number of halogens is 5. The molecule has 5 nitrogen and oxygen atoms in total. The van der Waals surface area contributed by atoms with Crippen LogP contribution in [0.5, 0.6) is 0 Å². The van der Waals surface area contributed by atoms with Crippen LogP contribution in [0.15, 0.2) is 36.7 Å². The molecule has 2 heterocycles. The van der Waals surface area contributed by atoms with Gasteiger partial charge in [-0.25, -0.2) is 9.37 Å². The molecule has 0 atom stereocenters. The van der Waals surface area contributed by atoms with Crippen molar-refractivity contribution in [2.75, 3.05) is 0 Å². The molecule has 0 aliphatic heterocycles. The Morgan fingerprint density at radius 3 is 2.42 bits per heavy atom. The van der Waals surface area contributed by atoms with Gasteiger partial charge in [-0.3, -0.25) is 14.5 Å². The van der Waals surface area contributed by atoms with Crippen molar-refractivity contribution in [2.24, 2.45) is 0 Å². The molecule has 0 fully saturated rings. The minimum Gasteiger partial charge on any atom is -0.295 e. The first-order chi connectivity index (χ1) is 11.2. The Labute approximate surface area is 130 Å². The van der Waals surface area contributed by atoms with Crippen molar-refractivity contribution in [3.63, 3.8) is 0 Å². The number of nitro benzene ring substituents is 1. The van der Waals surface area contributed by atoms with Crippen LogP contribution in [0.25, 0.3) is 16.8 Å². The van der Waals surface area contributed by atoms with Crippen molar-refractivity contribution in [2.45, 2.75) is 6.18 Å². The maximum Gasteiger partial charge on any atom is 0.431 e. The summed E-state index contributed by atoms with van der Waals surface area (Å²) in [5.74, 6) is -2.53. The van der Waals surface area contributed by atoms with Gasteiger partial charge in [-0.15, -0.1) is 0 Å². The molecule has 0 radical (unpaired) electrons. The van der Waals surface area contributed by atoms with Crippen molar-refractivity contribution < 1.29 is 26.9 Å². The molecule has 0 N–H and O–H groups in total. The van der Waals surface area contributed by atoms with Crippen LogP contribution >= 0.6 is 0 Å². The van der Waals surface area contributed by atoms with Crippen molar-refractivity contribution in [3.8, 4) is 11.1 Å². The predicted molar refractivity (Wildman–Crippen MR) is 72.2 cm³/mol. The Kier molecular flexibility index (Phi) is 3.47. The van der Waals surface area contributed by atoms with Gasteiger partial charge in [-0.2, -0.15) is 17.6 Å². The van der Waals surface area contributed by atoms with Gasteiger partial charge in [0.15, 0.2) is 0 Å². The van der Waals surface area contributed by atoms with Crippen LogP contribution < -0.4 is 0 Å². The third kappa shape index (κ3) is 2.45. The van der Waals surface area contributed by atoms with Gasteiger partial charge in [0.05, 0.1) is 4.92 Å². The summed E-state index contributed by atoms with van der Waals surface area (Å²) in [6, 6.07) is 2.57. The number of fused-ring (bicyclic) bond motifs is 1. The van der Waals surface area contributed by atoms with Gasteiger partial charge in [-0.05, 0) is 12.1 Å². The summed E-state index contributed by atoms with van der Waals surface area (Å²) in [6.07, 6.45) is -2.58. The lowest BCUT2D eigenvalue weighted by atomic mass is 10.0. The highest BCUT2D eigenvalue weighted by atomic mass is 19.4. The highest BCUT2D eigenvalue weighted by Crippen LogP contribution is 2.35. The fourth-order valence-corrected chi connectivity index (χ4v) is 2.34. The van der Waals surface area contributed by atoms with Crippen LogP contribution in [0.3, 0.4) is 0 Å². The smallest absolute Gasteiger partial charge is 0.295 e. The van der Waals surface area contributed by atoms with Crippen molar-refractivity contribution in [1.29, 1.82) is 0 Å². The molecular weight excluding hydrogens is 337 g/mol. The molecule has 1 aromatic carbocycles. The Morgan fingerprint density at radius 2 is 1.79 bits per heavy atom. The average molecular weight is 343 g/mol. The molecule has 10 heteroatoms. The standard InChI is InChI=1S/C14H6F5N3O2/c15-9-6-10(16)11(22(23)24)5-8(9)7-1-2-12(14(17,18)19)21-4-3-20-13(7)21/h1-6H. The number of hydrogen-bond acceptors (Lipinski definition) is 3. The molecule has 0 bridgehead atoms. The van der Waals surface area contributed by atoms with Crippen LogP contribution in [0.2, 0.25) is 0 Å². The Morgan fingerprint density at radius 1 is 1.08 bits per heavy atom. The number of nitro groups is 1. The number of alkyl halides is 3. The van der Waals surface area contributed by atoms with E-state index in [4.69, 9.17) is 0 Å². The molecule has 3 aromatic rings. The van der Waals surface area contributed by atoms with Gasteiger partial charge < -0.3 is 0 Å². The van der Waals surface area contributed by atoms with E-state index in [2.05, 4.69) is 4.98 Å². The van der Waals surface area contributed by atoms with Gasteiger partial charge >= 0.3 is 11.9 Å². The van der Waals surface area contributed by atoms with Crippen molar-refractivity contribution in [1.82, 2.24) is 9.38 Å². The molecule has 0 aliphatic carbocycles. The number of aromatic nitrogens is 2. The van der Waals surface area contributed by atoms with E-state index in [9.17, 15) is 32.1 Å². The van der Waals surface area contributed by atoms with Gasteiger partial charge in [-0.1, -0.05) is 0 Å². The second kappa shape index (κ2) is 5.25. The first kappa shape index (κ1) is 15.8. The van der Waals surface area contributed by atoms with Crippen LogP contribution in [0, 0.1) is 21.7 Å². The van der Waals surface area contributed by atoms with E-state index in [0.29, 0.717) is 22.6 Å². The number of pyridine rings is 1. The number of nitrogens with zero attached hydrogens (tertiary/aromatic N) is 3. The second-order valence-electron chi connectivity index (χ2n) is 4.79. The molecular formula is C14H6F5N3O2. The predicted octanol–water partition coefficient (Wildman–Crippen LogP) is 4.21. The van der Waals surface area contributed by atoms with Crippen LogP contribution in [0.1, 0.15) is 5.69 Å². The quantitative estimate of drug-likeness (QED) is 0.398. The fraction of sp³-hybridized carbons (Fsp3) is 0.0714. The first-order valence-electron chi connectivity index (χ1n) is 6.37. The largest absolute Gasteiger partial charge is 0.431 e. The molecule has 0 unspecified atom stereocenters. The highest BCUT2D eigenvalue weighted by Gasteiger charge is 2.34. The Bertz CT molecular complexity index is 965. The van der Waals surface area contributed by atoms with Gasteiger partial charge in [0.25, 0.3) is 0 Å². The number of imidazole rings is 1. The topological polar surface area (TPSA) is 60.4 Å². The lowest BCUT2D eigenvalue weighted by molar-refractivity contribution is -0.387. The monoisotopic (exact) mass is 343 g/mol. The van der Waals surface area contributed by atoms with Gasteiger partial charge in [0.2, 0.25) is 5.82 Å². The lowest BCUT2D eigenvalue weighted by Crippen LogP contribution is -2.11. The summed E-state index contributed by atoms with van der Waals surface area (Å²) < 4.78 is 67.0. The molecule has 0 aliphatic rings. The van der Waals surface area contributed by atoms with Crippen molar-refractivity contribution >= 4 is 11.3 Å².